The summed E-state index contributed by atoms with van der Waals surface area (Å²) in [5.74, 6) is 1.66. The minimum atomic E-state index is 0.706. The van der Waals surface area contributed by atoms with Crippen LogP contribution in [0.3, 0.4) is 0 Å². The van der Waals surface area contributed by atoms with Crippen LogP contribution in [-0.4, -0.2) is 6.54 Å². The van der Waals surface area contributed by atoms with Gasteiger partial charge in [-0.15, -0.1) is 0 Å². The molecule has 3 heteroatoms. The zero-order chi connectivity index (χ0) is 10.8. The Morgan fingerprint density at radius 3 is 2.87 bits per heavy atom. The molecule has 1 aliphatic carbocycles. The molecule has 0 aromatic heterocycles. The number of benzene rings is 1. The lowest BCUT2D eigenvalue weighted by molar-refractivity contribution is 0.536. The van der Waals surface area contributed by atoms with Gasteiger partial charge in [0.15, 0.2) is 0 Å². The Kier molecular flexibility index (Phi) is 3.06. The van der Waals surface area contributed by atoms with Crippen LogP contribution in [0.4, 0.5) is 11.4 Å². The van der Waals surface area contributed by atoms with Gasteiger partial charge < -0.3 is 11.1 Å². The van der Waals surface area contributed by atoms with E-state index < -0.39 is 0 Å². The van der Waals surface area contributed by atoms with Crippen LogP contribution in [-0.2, 0) is 0 Å². The largest absolute Gasteiger partial charge is 0.399 e. The van der Waals surface area contributed by atoms with Crippen LogP contribution in [0.15, 0.2) is 18.2 Å². The van der Waals surface area contributed by atoms with Crippen molar-refractivity contribution in [2.75, 3.05) is 17.6 Å². The molecule has 3 N–H and O–H groups in total. The summed E-state index contributed by atoms with van der Waals surface area (Å²) >= 11 is 6.07. The van der Waals surface area contributed by atoms with Gasteiger partial charge in [0, 0.05) is 12.2 Å². The van der Waals surface area contributed by atoms with E-state index in [2.05, 4.69) is 12.2 Å². The number of nitrogens with one attached hydrogen (secondary N) is 1. The Labute approximate surface area is 95.8 Å². The maximum Gasteiger partial charge on any atom is 0.0657 e. The van der Waals surface area contributed by atoms with Crippen molar-refractivity contribution < 1.29 is 0 Å². The van der Waals surface area contributed by atoms with Crippen molar-refractivity contribution >= 4 is 23.0 Å². The van der Waals surface area contributed by atoms with Crippen molar-refractivity contribution in [3.8, 4) is 0 Å². The van der Waals surface area contributed by atoms with E-state index in [1.807, 2.05) is 12.1 Å². The summed E-state index contributed by atoms with van der Waals surface area (Å²) < 4.78 is 0. The second-order valence-electron chi connectivity index (χ2n) is 4.43. The quantitative estimate of drug-likeness (QED) is 0.770. The monoisotopic (exact) mass is 224 g/mol. The summed E-state index contributed by atoms with van der Waals surface area (Å²) in [6.45, 7) is 3.28. The van der Waals surface area contributed by atoms with Crippen molar-refractivity contribution in [2.45, 2.75) is 19.8 Å². The predicted molar refractivity (Wildman–Crippen MR) is 66.2 cm³/mol. The van der Waals surface area contributed by atoms with Crippen LogP contribution in [0.1, 0.15) is 19.8 Å². The highest BCUT2D eigenvalue weighted by atomic mass is 35.5. The first kappa shape index (κ1) is 10.6. The molecular formula is C12H17ClN2. The highest BCUT2D eigenvalue weighted by Crippen LogP contribution is 2.36. The van der Waals surface area contributed by atoms with Gasteiger partial charge in [-0.2, -0.15) is 0 Å². The maximum atomic E-state index is 6.07. The molecule has 0 radical (unpaired) electrons. The smallest absolute Gasteiger partial charge is 0.0657 e. The van der Waals surface area contributed by atoms with Crippen LogP contribution in [0.2, 0.25) is 5.02 Å². The van der Waals surface area contributed by atoms with E-state index in [-0.39, 0.29) is 0 Å². The fourth-order valence-electron chi connectivity index (χ4n) is 1.78. The molecule has 82 valence electrons. The van der Waals surface area contributed by atoms with Gasteiger partial charge in [-0.05, 0) is 42.9 Å². The number of halogens is 1. The molecule has 1 saturated carbocycles. The first-order chi connectivity index (χ1) is 7.16. The van der Waals surface area contributed by atoms with Crippen molar-refractivity contribution in [3.05, 3.63) is 23.2 Å². The molecule has 0 bridgehead atoms. The Morgan fingerprint density at radius 1 is 1.53 bits per heavy atom. The summed E-state index contributed by atoms with van der Waals surface area (Å²) in [6, 6.07) is 5.60. The van der Waals surface area contributed by atoms with Gasteiger partial charge in [0.25, 0.3) is 0 Å². The molecule has 0 amide bonds. The Bertz CT molecular complexity index is 347. The van der Waals surface area contributed by atoms with E-state index in [9.17, 15) is 0 Å². The molecule has 1 aromatic rings. The van der Waals surface area contributed by atoms with Crippen molar-refractivity contribution in [2.24, 2.45) is 11.8 Å². The van der Waals surface area contributed by atoms with E-state index in [1.165, 1.54) is 12.8 Å². The van der Waals surface area contributed by atoms with Gasteiger partial charge in [-0.25, -0.2) is 0 Å². The fourth-order valence-corrected chi connectivity index (χ4v) is 2.03. The van der Waals surface area contributed by atoms with Crippen molar-refractivity contribution in [1.29, 1.82) is 0 Å². The summed E-state index contributed by atoms with van der Waals surface area (Å²) in [5.41, 5.74) is 7.32. The van der Waals surface area contributed by atoms with Crippen LogP contribution >= 0.6 is 11.6 Å². The topological polar surface area (TPSA) is 38.0 Å². The third-order valence-electron chi connectivity index (χ3n) is 3.03. The number of rotatable bonds is 4. The molecule has 2 rings (SSSR count). The average Bonchev–Trinajstić information content (AvgIpc) is 2.99. The van der Waals surface area contributed by atoms with Crippen LogP contribution < -0.4 is 11.1 Å². The summed E-state index contributed by atoms with van der Waals surface area (Å²) in [4.78, 5) is 0. The van der Waals surface area contributed by atoms with Gasteiger partial charge in [0.05, 0.1) is 10.7 Å². The Morgan fingerprint density at radius 2 is 2.27 bits per heavy atom. The molecule has 0 spiro atoms. The van der Waals surface area contributed by atoms with E-state index >= 15 is 0 Å². The number of hydrogen-bond acceptors (Lipinski definition) is 2. The number of hydrogen-bond donors (Lipinski definition) is 2. The summed E-state index contributed by atoms with van der Waals surface area (Å²) in [6.07, 6.45) is 2.77. The molecule has 1 aromatic carbocycles. The molecule has 1 fully saturated rings. The zero-order valence-electron chi connectivity index (χ0n) is 8.96. The highest BCUT2D eigenvalue weighted by Gasteiger charge is 2.27. The second kappa shape index (κ2) is 4.31. The molecule has 0 heterocycles. The minimum Gasteiger partial charge on any atom is -0.399 e. The minimum absolute atomic E-state index is 0.706. The van der Waals surface area contributed by atoms with Gasteiger partial charge in [-0.3, -0.25) is 0 Å². The lowest BCUT2D eigenvalue weighted by Crippen LogP contribution is -2.13. The Hall–Kier alpha value is -0.890. The van der Waals surface area contributed by atoms with Gasteiger partial charge in [0.1, 0.15) is 0 Å². The Balaban J connectivity index is 1.92. The number of nitrogen functional groups attached to an aromatic ring is 1. The normalized spacial score (nSPS) is 17.5. The molecule has 0 saturated heterocycles. The van der Waals surface area contributed by atoms with E-state index in [1.54, 1.807) is 6.07 Å². The molecule has 0 aliphatic heterocycles. The van der Waals surface area contributed by atoms with Gasteiger partial charge in [0.2, 0.25) is 0 Å². The molecule has 1 unspecified atom stereocenters. The number of nitrogens with two attached hydrogens (primary N) is 1. The second-order valence-corrected chi connectivity index (χ2v) is 4.84. The van der Waals surface area contributed by atoms with E-state index in [4.69, 9.17) is 17.3 Å². The third-order valence-corrected chi connectivity index (χ3v) is 3.35. The molecule has 2 nitrogen and oxygen atoms in total. The molecule has 1 aliphatic rings. The summed E-state index contributed by atoms with van der Waals surface area (Å²) in [5, 5.41) is 4.08. The SMILES string of the molecule is CC(CNc1ccc(N)cc1Cl)C1CC1. The highest BCUT2D eigenvalue weighted by molar-refractivity contribution is 6.33. The van der Waals surface area contributed by atoms with Crippen molar-refractivity contribution in [3.63, 3.8) is 0 Å². The lowest BCUT2D eigenvalue weighted by Gasteiger charge is -2.13. The first-order valence-electron chi connectivity index (χ1n) is 5.45. The van der Waals surface area contributed by atoms with Crippen LogP contribution in [0, 0.1) is 11.8 Å². The third kappa shape index (κ3) is 2.78. The van der Waals surface area contributed by atoms with Gasteiger partial charge >= 0.3 is 0 Å². The predicted octanol–water partition coefficient (Wildman–Crippen LogP) is 3.38. The van der Waals surface area contributed by atoms with Gasteiger partial charge in [-0.1, -0.05) is 18.5 Å². The molecular weight excluding hydrogens is 208 g/mol. The maximum absolute atomic E-state index is 6.07. The van der Waals surface area contributed by atoms with Crippen molar-refractivity contribution in [1.82, 2.24) is 0 Å². The fraction of sp³-hybridized carbons (Fsp3) is 0.500. The van der Waals surface area contributed by atoms with Crippen LogP contribution in [0.5, 0.6) is 0 Å². The average molecular weight is 225 g/mol. The van der Waals surface area contributed by atoms with E-state index in [0.29, 0.717) is 10.7 Å². The number of anilines is 2. The van der Waals surface area contributed by atoms with Crippen LogP contribution in [0.25, 0.3) is 0 Å². The zero-order valence-corrected chi connectivity index (χ0v) is 9.72. The van der Waals surface area contributed by atoms with E-state index in [0.717, 1.165) is 24.1 Å². The lowest BCUT2D eigenvalue weighted by atomic mass is 10.1. The summed E-state index contributed by atoms with van der Waals surface area (Å²) in [7, 11) is 0. The molecule has 15 heavy (non-hydrogen) atoms. The first-order valence-corrected chi connectivity index (χ1v) is 5.83. The molecule has 1 atom stereocenters. The standard InChI is InChI=1S/C12H17ClN2/c1-8(9-2-3-9)7-15-12-5-4-10(14)6-11(12)13/h4-6,8-9,15H,2-3,7,14H2,1H3.